The summed E-state index contributed by atoms with van der Waals surface area (Å²) in [7, 11) is 0. The van der Waals surface area contributed by atoms with E-state index in [9.17, 15) is 0 Å². The van der Waals surface area contributed by atoms with E-state index in [1.807, 2.05) is 13.0 Å². The molecule has 0 aromatic heterocycles. The average molecular weight is 282 g/mol. The van der Waals surface area contributed by atoms with Gasteiger partial charge in [-0.15, -0.1) is 0 Å². The Hall–Kier alpha value is -0.460. The summed E-state index contributed by atoms with van der Waals surface area (Å²) in [5.74, 6) is 0. The molecule has 0 saturated carbocycles. The van der Waals surface area contributed by atoms with Crippen molar-refractivity contribution in [2.45, 2.75) is 110 Å². The van der Waals surface area contributed by atoms with Gasteiger partial charge in [0.05, 0.1) is 0 Å². The summed E-state index contributed by atoms with van der Waals surface area (Å²) in [6, 6.07) is 0. The smallest absolute Gasteiger partial charge is 0.00371 e. The van der Waals surface area contributed by atoms with E-state index >= 15 is 0 Å². The first-order valence-electron chi connectivity index (χ1n) is 9.22. The van der Waals surface area contributed by atoms with Gasteiger partial charge >= 0.3 is 0 Å². The number of rotatable bonds is 15. The molecule has 0 heterocycles. The van der Waals surface area contributed by atoms with Crippen molar-refractivity contribution < 1.29 is 0 Å². The highest BCUT2D eigenvalue weighted by Crippen LogP contribution is 2.13. The monoisotopic (exact) mass is 281 g/mol. The molecule has 0 aromatic carbocycles. The van der Waals surface area contributed by atoms with Crippen LogP contribution < -0.4 is 5.73 Å². The van der Waals surface area contributed by atoms with Crippen LogP contribution >= 0.6 is 0 Å². The Morgan fingerprint density at radius 3 is 1.35 bits per heavy atom. The zero-order valence-electron chi connectivity index (χ0n) is 14.3. The molecule has 1 heteroatoms. The van der Waals surface area contributed by atoms with Gasteiger partial charge in [0, 0.05) is 5.70 Å². The minimum Gasteiger partial charge on any atom is -0.402 e. The second-order valence-electron chi connectivity index (χ2n) is 6.21. The summed E-state index contributed by atoms with van der Waals surface area (Å²) in [4.78, 5) is 0. The van der Waals surface area contributed by atoms with Crippen molar-refractivity contribution >= 4 is 0 Å². The predicted molar refractivity (Wildman–Crippen MR) is 92.9 cm³/mol. The number of hydrogen-bond donors (Lipinski definition) is 1. The minimum absolute atomic E-state index is 1.06. The fraction of sp³-hybridized carbons (Fsp3) is 0.895. The Morgan fingerprint density at radius 2 is 1.00 bits per heavy atom. The molecule has 0 aliphatic rings. The number of hydrogen-bond acceptors (Lipinski definition) is 1. The van der Waals surface area contributed by atoms with Crippen molar-refractivity contribution in [3.8, 4) is 0 Å². The molecule has 0 bridgehead atoms. The van der Waals surface area contributed by atoms with E-state index in [4.69, 9.17) is 5.73 Å². The van der Waals surface area contributed by atoms with Gasteiger partial charge in [-0.3, -0.25) is 0 Å². The number of unbranched alkanes of at least 4 members (excludes halogenated alkanes) is 13. The fourth-order valence-electron chi connectivity index (χ4n) is 2.67. The first-order chi connectivity index (χ1) is 9.81. The van der Waals surface area contributed by atoms with E-state index in [1.54, 1.807) is 0 Å². The van der Waals surface area contributed by atoms with Crippen molar-refractivity contribution in [3.05, 3.63) is 11.8 Å². The van der Waals surface area contributed by atoms with Crippen molar-refractivity contribution in [1.29, 1.82) is 0 Å². The van der Waals surface area contributed by atoms with Gasteiger partial charge in [0.2, 0.25) is 0 Å². The quantitative estimate of drug-likeness (QED) is 0.331. The van der Waals surface area contributed by atoms with Crippen LogP contribution in [0.15, 0.2) is 11.8 Å². The van der Waals surface area contributed by atoms with Crippen LogP contribution in [0.5, 0.6) is 0 Å². The molecule has 0 rings (SSSR count). The summed E-state index contributed by atoms with van der Waals surface area (Å²) in [6.45, 7) is 4.31. The Kier molecular flexibility index (Phi) is 16.2. The van der Waals surface area contributed by atoms with Gasteiger partial charge in [0.25, 0.3) is 0 Å². The molecule has 0 spiro atoms. The van der Waals surface area contributed by atoms with Gasteiger partial charge in [0.1, 0.15) is 0 Å². The third kappa shape index (κ3) is 15.6. The molecule has 0 atom stereocenters. The molecule has 0 radical (unpaired) electrons. The second-order valence-corrected chi connectivity index (χ2v) is 6.21. The molecule has 0 saturated heterocycles. The zero-order valence-corrected chi connectivity index (χ0v) is 14.3. The Labute approximate surface area is 128 Å². The zero-order chi connectivity index (χ0) is 14.9. The highest BCUT2D eigenvalue weighted by Gasteiger charge is 1.94. The van der Waals surface area contributed by atoms with E-state index < -0.39 is 0 Å². The number of allylic oxidation sites excluding steroid dienone is 2. The predicted octanol–water partition coefficient (Wildman–Crippen LogP) is 6.72. The lowest BCUT2D eigenvalue weighted by molar-refractivity contribution is 0.535. The van der Waals surface area contributed by atoms with Gasteiger partial charge in [-0.05, 0) is 19.8 Å². The normalized spacial score (nSPS) is 12.0. The van der Waals surface area contributed by atoms with Crippen molar-refractivity contribution in [2.24, 2.45) is 5.73 Å². The van der Waals surface area contributed by atoms with E-state index in [-0.39, 0.29) is 0 Å². The minimum atomic E-state index is 1.06. The fourth-order valence-corrected chi connectivity index (χ4v) is 2.67. The SMILES string of the molecule is C/C=C(\N)CCCCCCCCCCCCCCCC. The molecule has 120 valence electrons. The second kappa shape index (κ2) is 16.6. The maximum atomic E-state index is 5.78. The lowest BCUT2D eigenvalue weighted by atomic mass is 10.0. The van der Waals surface area contributed by atoms with Crippen LogP contribution in [0, 0.1) is 0 Å². The summed E-state index contributed by atoms with van der Waals surface area (Å²) in [5, 5.41) is 0. The van der Waals surface area contributed by atoms with Crippen molar-refractivity contribution in [3.63, 3.8) is 0 Å². The van der Waals surface area contributed by atoms with E-state index in [2.05, 4.69) is 6.92 Å². The van der Waals surface area contributed by atoms with Gasteiger partial charge < -0.3 is 5.73 Å². The lowest BCUT2D eigenvalue weighted by Crippen LogP contribution is -1.95. The average Bonchev–Trinajstić information content (AvgIpc) is 2.47. The summed E-state index contributed by atoms with van der Waals surface area (Å²) >= 11 is 0. The third-order valence-corrected chi connectivity index (χ3v) is 4.19. The van der Waals surface area contributed by atoms with E-state index in [0.717, 1.165) is 12.1 Å². The lowest BCUT2D eigenvalue weighted by Gasteiger charge is -2.03. The molecule has 0 aliphatic carbocycles. The van der Waals surface area contributed by atoms with E-state index in [0.29, 0.717) is 0 Å². The Morgan fingerprint density at radius 1 is 0.650 bits per heavy atom. The van der Waals surface area contributed by atoms with Crippen LogP contribution in [0.25, 0.3) is 0 Å². The molecule has 0 unspecified atom stereocenters. The van der Waals surface area contributed by atoms with Gasteiger partial charge in [-0.1, -0.05) is 96.5 Å². The van der Waals surface area contributed by atoms with Gasteiger partial charge in [-0.25, -0.2) is 0 Å². The molecular weight excluding hydrogens is 242 g/mol. The Balaban J connectivity index is 2.99. The molecule has 0 aromatic rings. The molecule has 1 nitrogen and oxygen atoms in total. The van der Waals surface area contributed by atoms with Crippen molar-refractivity contribution in [1.82, 2.24) is 0 Å². The molecular formula is C19H39N. The van der Waals surface area contributed by atoms with Crippen LogP contribution in [0.1, 0.15) is 110 Å². The first-order valence-corrected chi connectivity index (χ1v) is 9.22. The van der Waals surface area contributed by atoms with Crippen LogP contribution in [0.4, 0.5) is 0 Å². The van der Waals surface area contributed by atoms with E-state index in [1.165, 1.54) is 89.9 Å². The third-order valence-electron chi connectivity index (χ3n) is 4.19. The topological polar surface area (TPSA) is 26.0 Å². The molecule has 20 heavy (non-hydrogen) atoms. The Bertz CT molecular complexity index is 208. The van der Waals surface area contributed by atoms with Crippen LogP contribution in [-0.2, 0) is 0 Å². The largest absolute Gasteiger partial charge is 0.402 e. The van der Waals surface area contributed by atoms with Crippen LogP contribution in [0.2, 0.25) is 0 Å². The maximum absolute atomic E-state index is 5.78. The maximum Gasteiger partial charge on any atom is 0.00371 e. The first kappa shape index (κ1) is 19.5. The summed E-state index contributed by atoms with van der Waals surface area (Å²) in [6.07, 6.45) is 23.0. The molecule has 0 amide bonds. The van der Waals surface area contributed by atoms with Crippen molar-refractivity contribution in [2.75, 3.05) is 0 Å². The summed E-state index contributed by atoms with van der Waals surface area (Å²) < 4.78 is 0. The highest BCUT2D eigenvalue weighted by molar-refractivity contribution is 4.92. The van der Waals surface area contributed by atoms with Gasteiger partial charge in [-0.2, -0.15) is 0 Å². The standard InChI is InChI=1S/C19H39N/c1-3-5-6-7-8-9-10-11-12-13-14-15-16-17-18-19(20)4-2/h4H,3,5-18,20H2,1-2H3/b19-4-. The molecule has 2 N–H and O–H groups in total. The van der Waals surface area contributed by atoms with Crippen LogP contribution in [0.3, 0.4) is 0 Å². The molecule has 0 fully saturated rings. The number of nitrogens with two attached hydrogens (primary N) is 1. The molecule has 0 aliphatic heterocycles. The highest BCUT2D eigenvalue weighted by atomic mass is 14.6. The summed E-state index contributed by atoms with van der Waals surface area (Å²) in [5.41, 5.74) is 6.84. The van der Waals surface area contributed by atoms with Crippen LogP contribution in [-0.4, -0.2) is 0 Å². The van der Waals surface area contributed by atoms with Gasteiger partial charge in [0.15, 0.2) is 0 Å².